The highest BCUT2D eigenvalue weighted by atomic mass is 32.2. The van der Waals surface area contributed by atoms with E-state index < -0.39 is 34.1 Å². The van der Waals surface area contributed by atoms with Gasteiger partial charge in [0.25, 0.3) is 5.56 Å². The van der Waals surface area contributed by atoms with Crippen LogP contribution in [0.5, 0.6) is 0 Å². The van der Waals surface area contributed by atoms with E-state index in [1.165, 1.54) is 10.8 Å². The fourth-order valence-corrected chi connectivity index (χ4v) is 3.26. The van der Waals surface area contributed by atoms with Crippen molar-refractivity contribution in [1.29, 1.82) is 0 Å². The van der Waals surface area contributed by atoms with Crippen LogP contribution >= 0.6 is 11.8 Å². The van der Waals surface area contributed by atoms with Crippen molar-refractivity contribution in [3.63, 3.8) is 0 Å². The quantitative estimate of drug-likeness (QED) is 0.504. The summed E-state index contributed by atoms with van der Waals surface area (Å²) in [7, 11) is 0. The van der Waals surface area contributed by atoms with E-state index in [2.05, 4.69) is 4.98 Å². The molecule has 100 valence electrons. The summed E-state index contributed by atoms with van der Waals surface area (Å²) in [5, 5.41) is 27.3. The van der Waals surface area contributed by atoms with Crippen molar-refractivity contribution in [3.8, 4) is 0 Å². The van der Waals surface area contributed by atoms with Crippen molar-refractivity contribution >= 4 is 11.8 Å². The van der Waals surface area contributed by atoms with E-state index in [9.17, 15) is 19.8 Å². The molecule has 0 radical (unpaired) electrons. The molecule has 1 saturated heterocycles. The minimum Gasteiger partial charge on any atom is -0.395 e. The number of H-pyrrole nitrogens is 1. The molecule has 1 aromatic rings. The Labute approximate surface area is 106 Å². The van der Waals surface area contributed by atoms with Crippen molar-refractivity contribution in [2.45, 2.75) is 29.8 Å². The van der Waals surface area contributed by atoms with Gasteiger partial charge in [0, 0.05) is 11.8 Å². The molecule has 2 heterocycles. The molecule has 4 N–H and O–H groups in total. The second-order valence-corrected chi connectivity index (χ2v) is 5.57. The predicted molar refractivity (Wildman–Crippen MR) is 65.6 cm³/mol. The zero-order chi connectivity index (χ0) is 13.4. The first-order valence-corrected chi connectivity index (χ1v) is 6.34. The SMILES string of the molecule is Cc1cn([C@H]2S[C@@H](CO)[C@H](O)[C@@H]2O)c(=O)[nH]c1=O. The summed E-state index contributed by atoms with van der Waals surface area (Å²) in [6, 6.07) is 0. The number of rotatable bonds is 2. The molecule has 0 aliphatic carbocycles. The molecule has 0 unspecified atom stereocenters. The summed E-state index contributed by atoms with van der Waals surface area (Å²) in [6.07, 6.45) is -0.937. The lowest BCUT2D eigenvalue weighted by molar-refractivity contribution is 0.0101. The first kappa shape index (κ1) is 13.3. The summed E-state index contributed by atoms with van der Waals surface area (Å²) >= 11 is 1.10. The Balaban J connectivity index is 2.42. The van der Waals surface area contributed by atoms with Gasteiger partial charge in [0.15, 0.2) is 0 Å². The van der Waals surface area contributed by atoms with Gasteiger partial charge in [-0.15, -0.1) is 11.8 Å². The highest BCUT2D eigenvalue weighted by Gasteiger charge is 2.43. The Hall–Kier alpha value is -1.09. The zero-order valence-corrected chi connectivity index (χ0v) is 10.4. The number of thioether (sulfide) groups is 1. The van der Waals surface area contributed by atoms with Crippen LogP contribution < -0.4 is 11.2 Å². The number of hydrogen-bond acceptors (Lipinski definition) is 6. The maximum atomic E-state index is 11.7. The molecular weight excluding hydrogens is 260 g/mol. The van der Waals surface area contributed by atoms with Crippen molar-refractivity contribution in [2.75, 3.05) is 6.61 Å². The van der Waals surface area contributed by atoms with Crippen LogP contribution in [0.1, 0.15) is 10.9 Å². The lowest BCUT2D eigenvalue weighted by Crippen LogP contribution is -2.38. The molecule has 1 aromatic heterocycles. The summed E-state index contributed by atoms with van der Waals surface area (Å²) < 4.78 is 1.17. The van der Waals surface area contributed by atoms with Gasteiger partial charge in [0.2, 0.25) is 0 Å². The highest BCUT2D eigenvalue weighted by Crippen LogP contribution is 2.40. The molecule has 1 fully saturated rings. The van der Waals surface area contributed by atoms with E-state index in [1.807, 2.05) is 0 Å². The minimum absolute atomic E-state index is 0.295. The van der Waals surface area contributed by atoms with Gasteiger partial charge in [-0.05, 0) is 6.92 Å². The zero-order valence-electron chi connectivity index (χ0n) is 9.61. The second kappa shape index (κ2) is 4.88. The molecule has 4 atom stereocenters. The van der Waals surface area contributed by atoms with Gasteiger partial charge in [0.05, 0.1) is 18.0 Å². The number of aliphatic hydroxyl groups is 3. The van der Waals surface area contributed by atoms with Gasteiger partial charge in [-0.2, -0.15) is 0 Å². The predicted octanol–water partition coefficient (Wildman–Crippen LogP) is -1.83. The van der Waals surface area contributed by atoms with E-state index in [0.717, 1.165) is 11.8 Å². The van der Waals surface area contributed by atoms with Crippen LogP contribution in [-0.2, 0) is 0 Å². The molecule has 18 heavy (non-hydrogen) atoms. The number of nitrogens with zero attached hydrogens (tertiary/aromatic N) is 1. The van der Waals surface area contributed by atoms with E-state index in [-0.39, 0.29) is 6.61 Å². The van der Waals surface area contributed by atoms with Crippen LogP contribution in [0.15, 0.2) is 15.8 Å². The monoisotopic (exact) mass is 274 g/mol. The van der Waals surface area contributed by atoms with E-state index >= 15 is 0 Å². The Morgan fingerprint density at radius 2 is 2.06 bits per heavy atom. The maximum Gasteiger partial charge on any atom is 0.329 e. The third kappa shape index (κ3) is 2.12. The third-order valence-corrected chi connectivity index (χ3v) is 4.50. The van der Waals surface area contributed by atoms with Crippen LogP contribution in [0.4, 0.5) is 0 Å². The van der Waals surface area contributed by atoms with Gasteiger partial charge >= 0.3 is 5.69 Å². The smallest absolute Gasteiger partial charge is 0.329 e. The molecule has 0 spiro atoms. The molecule has 0 amide bonds. The lowest BCUT2D eigenvalue weighted by atomic mass is 10.1. The van der Waals surface area contributed by atoms with Crippen molar-refractivity contribution in [1.82, 2.24) is 9.55 Å². The third-order valence-electron chi connectivity index (χ3n) is 2.94. The van der Waals surface area contributed by atoms with Gasteiger partial charge in [0.1, 0.15) is 11.5 Å². The first-order chi connectivity index (χ1) is 8.45. The fourth-order valence-electron chi connectivity index (χ4n) is 1.88. The molecular formula is C10H14N2O5S. The van der Waals surface area contributed by atoms with Gasteiger partial charge in [-0.3, -0.25) is 14.3 Å². The van der Waals surface area contributed by atoms with Crippen molar-refractivity contribution in [2.24, 2.45) is 0 Å². The Bertz CT molecular complexity index is 554. The number of aryl methyl sites for hydroxylation is 1. The van der Waals surface area contributed by atoms with E-state index in [1.54, 1.807) is 6.92 Å². The average Bonchev–Trinajstić information content (AvgIpc) is 2.61. The molecule has 0 aromatic carbocycles. The Morgan fingerprint density at radius 1 is 1.39 bits per heavy atom. The molecule has 8 heteroatoms. The number of aliphatic hydroxyl groups excluding tert-OH is 3. The van der Waals surface area contributed by atoms with E-state index in [0.29, 0.717) is 5.56 Å². The van der Waals surface area contributed by atoms with Crippen LogP contribution in [-0.4, -0.2) is 48.9 Å². The molecule has 1 aliphatic rings. The summed E-state index contributed by atoms with van der Waals surface area (Å²) in [4.78, 5) is 25.0. The van der Waals surface area contributed by atoms with Crippen LogP contribution in [0, 0.1) is 6.92 Å². The van der Waals surface area contributed by atoms with Gasteiger partial charge in [-0.25, -0.2) is 4.79 Å². The molecule has 0 saturated carbocycles. The molecule has 0 bridgehead atoms. The number of hydrogen-bond donors (Lipinski definition) is 4. The molecule has 2 rings (SSSR count). The van der Waals surface area contributed by atoms with Crippen LogP contribution in [0.25, 0.3) is 0 Å². The standard InChI is InChI=1S/C10H14N2O5S/c1-4-2-12(10(17)11-8(4)16)9-7(15)6(14)5(3-13)18-9/h2,5-7,9,13-15H,3H2,1H3,(H,11,16,17)/t5-,6-,7-,9-/m0/s1. The van der Waals surface area contributed by atoms with Crippen molar-refractivity contribution in [3.05, 3.63) is 32.6 Å². The van der Waals surface area contributed by atoms with Gasteiger partial charge < -0.3 is 15.3 Å². The number of nitrogens with one attached hydrogen (secondary N) is 1. The largest absolute Gasteiger partial charge is 0.395 e. The summed E-state index contributed by atoms with van der Waals surface area (Å²) in [6.45, 7) is 1.25. The molecule has 7 nitrogen and oxygen atoms in total. The highest BCUT2D eigenvalue weighted by molar-refractivity contribution is 8.00. The number of aromatic amines is 1. The summed E-state index contributed by atoms with van der Waals surface area (Å²) in [5.41, 5.74) is -0.787. The topological polar surface area (TPSA) is 116 Å². The van der Waals surface area contributed by atoms with Gasteiger partial charge in [-0.1, -0.05) is 0 Å². The second-order valence-electron chi connectivity index (χ2n) is 4.21. The normalized spacial score (nSPS) is 31.8. The van der Waals surface area contributed by atoms with E-state index in [4.69, 9.17) is 5.11 Å². The Kier molecular flexibility index (Phi) is 3.62. The van der Waals surface area contributed by atoms with Crippen LogP contribution in [0.3, 0.4) is 0 Å². The number of aromatic nitrogens is 2. The minimum atomic E-state index is -1.17. The van der Waals surface area contributed by atoms with Crippen LogP contribution in [0.2, 0.25) is 0 Å². The first-order valence-electron chi connectivity index (χ1n) is 5.40. The lowest BCUT2D eigenvalue weighted by Gasteiger charge is -2.17. The Morgan fingerprint density at radius 3 is 2.61 bits per heavy atom. The average molecular weight is 274 g/mol. The summed E-state index contributed by atoms with van der Waals surface area (Å²) in [5.74, 6) is 0. The fraction of sp³-hybridized carbons (Fsp3) is 0.600. The molecule has 1 aliphatic heterocycles. The maximum absolute atomic E-state index is 11.7. The van der Waals surface area contributed by atoms with Crippen molar-refractivity contribution < 1.29 is 15.3 Å².